The predicted molar refractivity (Wildman–Crippen MR) is 63.0 cm³/mol. The topological polar surface area (TPSA) is 17.1 Å². The van der Waals surface area contributed by atoms with E-state index in [0.717, 1.165) is 24.0 Å². The van der Waals surface area contributed by atoms with Gasteiger partial charge in [0.05, 0.1) is 5.41 Å². The summed E-state index contributed by atoms with van der Waals surface area (Å²) < 4.78 is 0. The number of hydrogen-bond donors (Lipinski definition) is 0. The van der Waals surface area contributed by atoms with Crippen LogP contribution in [-0.2, 0) is 4.79 Å². The summed E-state index contributed by atoms with van der Waals surface area (Å²) in [6.45, 7) is 11.7. The number of carbonyl (C=O) groups excluding carboxylic acids is 1. The van der Waals surface area contributed by atoms with Crippen LogP contribution in [0.2, 0.25) is 0 Å². The molecule has 14 heavy (non-hydrogen) atoms. The van der Waals surface area contributed by atoms with E-state index in [1.807, 2.05) is 25.3 Å². The van der Waals surface area contributed by atoms with Crippen LogP contribution in [0.4, 0.5) is 0 Å². The zero-order valence-corrected chi connectivity index (χ0v) is 9.62. The number of carbonyl (C=O) groups is 1. The van der Waals surface area contributed by atoms with E-state index in [1.54, 1.807) is 0 Å². The predicted octanol–water partition coefficient (Wildman–Crippen LogP) is 3.69. The first-order valence-electron chi connectivity index (χ1n) is 4.64. The second kappa shape index (κ2) is 4.18. The molecule has 0 N–H and O–H groups in total. The Kier molecular flexibility index (Phi) is 3.38. The van der Waals surface area contributed by atoms with Gasteiger partial charge in [0.1, 0.15) is 0 Å². The summed E-state index contributed by atoms with van der Waals surface area (Å²) in [5.41, 5.74) is 1.74. The molecule has 0 saturated heterocycles. The van der Waals surface area contributed by atoms with Crippen molar-refractivity contribution in [3.05, 3.63) is 35.8 Å². The third-order valence-corrected chi connectivity index (χ3v) is 3.10. The lowest BCUT2D eigenvalue weighted by Crippen LogP contribution is -2.24. The van der Waals surface area contributed by atoms with E-state index in [1.165, 1.54) is 11.8 Å². The molecule has 1 aliphatic heterocycles. The SMILES string of the molecule is C=C(C)CC1(CC(=C)C)C=CSC1=O. The highest BCUT2D eigenvalue weighted by molar-refractivity contribution is 8.16. The molecule has 0 amide bonds. The fraction of sp³-hybridized carbons (Fsp3) is 0.417. The Morgan fingerprint density at radius 1 is 1.36 bits per heavy atom. The third-order valence-electron chi connectivity index (χ3n) is 2.20. The van der Waals surface area contributed by atoms with Crippen molar-refractivity contribution in [1.82, 2.24) is 0 Å². The first kappa shape index (κ1) is 11.3. The molecule has 0 bridgehead atoms. The Balaban J connectivity index is 2.89. The van der Waals surface area contributed by atoms with Gasteiger partial charge in [0.25, 0.3) is 0 Å². The third kappa shape index (κ3) is 2.38. The molecule has 0 spiro atoms. The van der Waals surface area contributed by atoms with Crippen LogP contribution in [0, 0.1) is 5.41 Å². The van der Waals surface area contributed by atoms with Gasteiger partial charge >= 0.3 is 0 Å². The van der Waals surface area contributed by atoms with Crippen molar-refractivity contribution in [3.63, 3.8) is 0 Å². The van der Waals surface area contributed by atoms with Gasteiger partial charge in [0, 0.05) is 0 Å². The molecule has 0 aromatic carbocycles. The normalized spacial score (nSPS) is 18.6. The van der Waals surface area contributed by atoms with Crippen LogP contribution in [0.3, 0.4) is 0 Å². The Morgan fingerprint density at radius 3 is 2.14 bits per heavy atom. The second-order valence-electron chi connectivity index (χ2n) is 4.13. The van der Waals surface area contributed by atoms with E-state index < -0.39 is 0 Å². The van der Waals surface area contributed by atoms with Gasteiger partial charge in [-0.05, 0) is 32.1 Å². The summed E-state index contributed by atoms with van der Waals surface area (Å²) in [7, 11) is 0. The fourth-order valence-corrected chi connectivity index (χ4v) is 2.71. The lowest BCUT2D eigenvalue weighted by Gasteiger charge is -2.25. The van der Waals surface area contributed by atoms with Crippen LogP contribution in [0.1, 0.15) is 26.7 Å². The molecule has 0 unspecified atom stereocenters. The Morgan fingerprint density at radius 2 is 1.86 bits per heavy atom. The molecule has 76 valence electrons. The van der Waals surface area contributed by atoms with Gasteiger partial charge in [0.2, 0.25) is 5.12 Å². The Hall–Kier alpha value is -0.760. The number of allylic oxidation sites excluding steroid dienone is 3. The molecule has 1 rings (SSSR count). The van der Waals surface area contributed by atoms with E-state index in [-0.39, 0.29) is 10.5 Å². The lowest BCUT2D eigenvalue weighted by atomic mass is 9.78. The highest BCUT2D eigenvalue weighted by Crippen LogP contribution is 2.43. The molecule has 2 heteroatoms. The molecule has 0 aromatic rings. The van der Waals surface area contributed by atoms with Crippen LogP contribution in [0.25, 0.3) is 0 Å². The summed E-state index contributed by atoms with van der Waals surface area (Å²) >= 11 is 1.29. The largest absolute Gasteiger partial charge is 0.286 e. The van der Waals surface area contributed by atoms with Gasteiger partial charge in [0.15, 0.2) is 0 Å². The highest BCUT2D eigenvalue weighted by Gasteiger charge is 2.38. The van der Waals surface area contributed by atoms with Crippen LogP contribution in [0.5, 0.6) is 0 Å². The number of rotatable bonds is 4. The van der Waals surface area contributed by atoms with Crippen molar-refractivity contribution < 1.29 is 4.79 Å². The first-order valence-corrected chi connectivity index (χ1v) is 5.52. The van der Waals surface area contributed by atoms with Gasteiger partial charge in [-0.3, -0.25) is 4.79 Å². The van der Waals surface area contributed by atoms with Crippen LogP contribution < -0.4 is 0 Å². The van der Waals surface area contributed by atoms with Gasteiger partial charge in [-0.1, -0.05) is 29.0 Å². The molecule has 1 nitrogen and oxygen atoms in total. The van der Waals surface area contributed by atoms with Crippen LogP contribution >= 0.6 is 11.8 Å². The number of thioether (sulfide) groups is 1. The summed E-state index contributed by atoms with van der Waals surface area (Å²) in [6.07, 6.45) is 3.48. The van der Waals surface area contributed by atoms with Crippen LogP contribution in [-0.4, -0.2) is 5.12 Å². The summed E-state index contributed by atoms with van der Waals surface area (Å²) in [4.78, 5) is 11.8. The molecule has 0 aliphatic carbocycles. The van der Waals surface area contributed by atoms with Crippen molar-refractivity contribution in [3.8, 4) is 0 Å². The minimum atomic E-state index is -0.359. The van der Waals surface area contributed by atoms with Gasteiger partial charge in [-0.15, -0.1) is 13.2 Å². The summed E-state index contributed by atoms with van der Waals surface area (Å²) in [5, 5.41) is 2.11. The molecule has 1 heterocycles. The minimum absolute atomic E-state index is 0.225. The average Bonchev–Trinajstić information content (AvgIpc) is 2.29. The standard InChI is InChI=1S/C12H16OS/c1-9(2)7-12(8-10(3)4)5-6-14-11(12)13/h5-6H,1,3,7-8H2,2,4H3. The van der Waals surface area contributed by atoms with E-state index in [9.17, 15) is 4.79 Å². The number of hydrogen-bond acceptors (Lipinski definition) is 2. The zero-order chi connectivity index (χ0) is 10.8. The van der Waals surface area contributed by atoms with Crippen molar-refractivity contribution in [2.75, 3.05) is 0 Å². The molecule has 0 saturated carbocycles. The molecule has 0 atom stereocenters. The molecule has 0 radical (unpaired) electrons. The molecular weight excluding hydrogens is 192 g/mol. The quantitative estimate of drug-likeness (QED) is 0.655. The van der Waals surface area contributed by atoms with Crippen LogP contribution in [0.15, 0.2) is 35.8 Å². The molecule has 0 aromatic heterocycles. The van der Waals surface area contributed by atoms with Gasteiger partial charge in [-0.2, -0.15) is 0 Å². The maximum atomic E-state index is 11.8. The van der Waals surface area contributed by atoms with Crippen molar-refractivity contribution in [2.24, 2.45) is 5.41 Å². The summed E-state index contributed by atoms with van der Waals surface area (Å²) in [5.74, 6) is 0. The lowest BCUT2D eigenvalue weighted by molar-refractivity contribution is -0.117. The summed E-state index contributed by atoms with van der Waals surface area (Å²) in [6, 6.07) is 0. The monoisotopic (exact) mass is 208 g/mol. The molecular formula is C12H16OS. The van der Waals surface area contributed by atoms with Gasteiger partial charge in [-0.25, -0.2) is 0 Å². The van der Waals surface area contributed by atoms with Crippen molar-refractivity contribution >= 4 is 16.9 Å². The molecule has 0 fully saturated rings. The van der Waals surface area contributed by atoms with Crippen molar-refractivity contribution in [1.29, 1.82) is 0 Å². The van der Waals surface area contributed by atoms with E-state index in [2.05, 4.69) is 13.2 Å². The second-order valence-corrected chi connectivity index (χ2v) is 5.01. The first-order chi connectivity index (χ1) is 6.46. The van der Waals surface area contributed by atoms with E-state index in [0.29, 0.717) is 0 Å². The van der Waals surface area contributed by atoms with E-state index >= 15 is 0 Å². The fourth-order valence-electron chi connectivity index (χ4n) is 1.81. The van der Waals surface area contributed by atoms with E-state index in [4.69, 9.17) is 0 Å². The Bertz CT molecular complexity index is 296. The maximum absolute atomic E-state index is 11.8. The van der Waals surface area contributed by atoms with Crippen molar-refractivity contribution in [2.45, 2.75) is 26.7 Å². The maximum Gasteiger partial charge on any atom is 0.203 e. The van der Waals surface area contributed by atoms with Gasteiger partial charge < -0.3 is 0 Å². The highest BCUT2D eigenvalue weighted by atomic mass is 32.2. The average molecular weight is 208 g/mol. The zero-order valence-electron chi connectivity index (χ0n) is 8.80. The molecule has 1 aliphatic rings. The Labute approximate surface area is 90.0 Å². The smallest absolute Gasteiger partial charge is 0.203 e. The minimum Gasteiger partial charge on any atom is -0.286 e.